The Bertz CT molecular complexity index is 501. The minimum atomic E-state index is -0.144. The van der Waals surface area contributed by atoms with Crippen LogP contribution >= 0.6 is 0 Å². The summed E-state index contributed by atoms with van der Waals surface area (Å²) in [7, 11) is 1.88. The van der Waals surface area contributed by atoms with Crippen LogP contribution in [0.2, 0.25) is 0 Å². The number of aliphatic hydroxyl groups excluding tert-OH is 1. The molecule has 1 saturated carbocycles. The Morgan fingerprint density at radius 3 is 2.64 bits per heavy atom. The number of ether oxygens (including phenoxy) is 1. The Morgan fingerprint density at radius 2 is 2.00 bits per heavy atom. The van der Waals surface area contributed by atoms with Crippen LogP contribution in [0.4, 0.5) is 0 Å². The summed E-state index contributed by atoms with van der Waals surface area (Å²) in [6, 6.07) is 9.94. The highest BCUT2D eigenvalue weighted by atomic mass is 16.5. The van der Waals surface area contributed by atoms with E-state index in [1.54, 1.807) is 0 Å². The van der Waals surface area contributed by atoms with E-state index in [0.29, 0.717) is 25.0 Å². The molecule has 0 saturated heterocycles. The Kier molecular flexibility index (Phi) is 8.80. The van der Waals surface area contributed by atoms with E-state index in [2.05, 4.69) is 10.6 Å². The lowest BCUT2D eigenvalue weighted by molar-refractivity contribution is 0.125. The zero-order valence-corrected chi connectivity index (χ0v) is 15.3. The van der Waals surface area contributed by atoms with E-state index in [9.17, 15) is 5.11 Å². The molecule has 0 bridgehead atoms. The topological polar surface area (TPSA) is 79.5 Å². The van der Waals surface area contributed by atoms with E-state index >= 15 is 0 Å². The number of likely N-dealkylation sites (N-methyl/N-ethyl adjacent to an activating group) is 1. The molecule has 0 aliphatic heterocycles. The molecule has 140 valence electrons. The van der Waals surface area contributed by atoms with Gasteiger partial charge in [-0.15, -0.1) is 0 Å². The molecular weight excluding hydrogens is 314 g/mol. The summed E-state index contributed by atoms with van der Waals surface area (Å²) >= 11 is 0. The summed E-state index contributed by atoms with van der Waals surface area (Å²) in [6.07, 6.45) is 8.01. The van der Waals surface area contributed by atoms with Crippen LogP contribution in [0.1, 0.15) is 37.7 Å². The molecule has 0 amide bonds. The molecule has 0 heterocycles. The highest BCUT2D eigenvalue weighted by molar-refractivity contribution is 5.14. The van der Waals surface area contributed by atoms with Crippen molar-refractivity contribution in [3.8, 4) is 0 Å². The minimum Gasteiger partial charge on any atom is -0.475 e. The van der Waals surface area contributed by atoms with E-state index in [1.165, 1.54) is 19.3 Å². The number of benzene rings is 1. The maximum Gasteiger partial charge on any atom is 0.184 e. The Labute approximate surface area is 151 Å². The van der Waals surface area contributed by atoms with Gasteiger partial charge in [0.25, 0.3) is 0 Å². The summed E-state index contributed by atoms with van der Waals surface area (Å²) < 4.78 is 6.00. The molecule has 0 radical (unpaired) electrons. The predicted octanol–water partition coefficient (Wildman–Crippen LogP) is 2.12. The maximum absolute atomic E-state index is 9.86. The van der Waals surface area contributed by atoms with Gasteiger partial charge in [0, 0.05) is 12.6 Å². The van der Waals surface area contributed by atoms with E-state index in [4.69, 9.17) is 10.5 Å². The van der Waals surface area contributed by atoms with Gasteiger partial charge in [-0.1, -0.05) is 49.6 Å². The van der Waals surface area contributed by atoms with Gasteiger partial charge >= 0.3 is 0 Å². The second kappa shape index (κ2) is 11.1. The molecule has 1 aliphatic rings. The van der Waals surface area contributed by atoms with Crippen molar-refractivity contribution in [2.45, 2.75) is 50.8 Å². The van der Waals surface area contributed by atoms with Crippen LogP contribution in [0.5, 0.6) is 0 Å². The zero-order valence-electron chi connectivity index (χ0n) is 15.3. The van der Waals surface area contributed by atoms with Crippen molar-refractivity contribution in [1.29, 1.82) is 0 Å². The third-order valence-corrected chi connectivity index (χ3v) is 4.79. The van der Waals surface area contributed by atoms with Crippen LogP contribution in [0, 0.1) is 5.92 Å². The van der Waals surface area contributed by atoms with E-state index in [1.807, 2.05) is 43.5 Å². The molecule has 5 heteroatoms. The molecule has 2 atom stereocenters. The third-order valence-electron chi connectivity index (χ3n) is 4.79. The van der Waals surface area contributed by atoms with Crippen molar-refractivity contribution in [1.82, 2.24) is 10.6 Å². The van der Waals surface area contributed by atoms with Gasteiger partial charge in [0.15, 0.2) is 5.88 Å². The average molecular weight is 348 g/mol. The van der Waals surface area contributed by atoms with Crippen molar-refractivity contribution < 1.29 is 9.84 Å². The summed E-state index contributed by atoms with van der Waals surface area (Å²) in [6.45, 7) is 1.26. The monoisotopic (exact) mass is 347 g/mol. The van der Waals surface area contributed by atoms with Crippen molar-refractivity contribution >= 4 is 0 Å². The van der Waals surface area contributed by atoms with Crippen LogP contribution < -0.4 is 16.4 Å². The first kappa shape index (κ1) is 19.8. The van der Waals surface area contributed by atoms with Gasteiger partial charge in [-0.2, -0.15) is 0 Å². The van der Waals surface area contributed by atoms with Crippen LogP contribution in [-0.2, 0) is 11.3 Å². The fourth-order valence-electron chi connectivity index (χ4n) is 3.39. The van der Waals surface area contributed by atoms with E-state index in [-0.39, 0.29) is 18.7 Å². The highest BCUT2D eigenvalue weighted by Crippen LogP contribution is 2.27. The van der Waals surface area contributed by atoms with Crippen LogP contribution in [0.25, 0.3) is 0 Å². The smallest absolute Gasteiger partial charge is 0.184 e. The fraction of sp³-hybridized carbons (Fsp3) is 0.600. The van der Waals surface area contributed by atoms with Gasteiger partial charge in [-0.25, -0.2) is 0 Å². The molecule has 1 fully saturated rings. The second-order valence-electron chi connectivity index (χ2n) is 6.86. The number of hydrogen-bond donors (Lipinski definition) is 4. The SMILES string of the molecule is CNCC(N)/C=C(\NC(CO)C1CCCCC1)OCc1ccccc1. The molecule has 1 aromatic rings. The molecule has 5 N–H and O–H groups in total. The first-order valence-corrected chi connectivity index (χ1v) is 9.39. The number of nitrogens with one attached hydrogen (secondary N) is 2. The normalized spacial score (nSPS) is 18.6. The highest BCUT2D eigenvalue weighted by Gasteiger charge is 2.24. The number of nitrogens with two attached hydrogens (primary N) is 1. The lowest BCUT2D eigenvalue weighted by Gasteiger charge is -2.31. The Morgan fingerprint density at radius 1 is 1.28 bits per heavy atom. The van der Waals surface area contributed by atoms with Crippen molar-refractivity contribution in [3.05, 3.63) is 47.9 Å². The van der Waals surface area contributed by atoms with E-state index < -0.39 is 0 Å². The summed E-state index contributed by atoms with van der Waals surface area (Å²) in [5, 5.41) is 16.4. The third kappa shape index (κ3) is 7.06. The zero-order chi connectivity index (χ0) is 17.9. The molecular formula is C20H33N3O2. The second-order valence-corrected chi connectivity index (χ2v) is 6.86. The molecule has 1 aromatic carbocycles. The van der Waals surface area contributed by atoms with Crippen molar-refractivity contribution in [3.63, 3.8) is 0 Å². The van der Waals surface area contributed by atoms with E-state index in [0.717, 1.165) is 18.4 Å². The van der Waals surface area contributed by atoms with Crippen molar-refractivity contribution in [2.75, 3.05) is 20.2 Å². The standard InChI is InChI=1S/C20H33N3O2/c1-22-13-18(21)12-20(25-15-16-8-4-2-5-9-16)23-19(14-24)17-10-6-3-7-11-17/h2,4-5,8-9,12,17-19,22-24H,3,6-7,10-11,13-15,21H2,1H3/b20-12+. The van der Waals surface area contributed by atoms with Gasteiger partial charge in [0.2, 0.25) is 0 Å². The molecule has 0 spiro atoms. The lowest BCUT2D eigenvalue weighted by Crippen LogP contribution is -2.41. The molecule has 0 aromatic heterocycles. The predicted molar refractivity (Wildman–Crippen MR) is 102 cm³/mol. The summed E-state index contributed by atoms with van der Waals surface area (Å²) in [5.41, 5.74) is 7.24. The maximum atomic E-state index is 9.86. The first-order chi connectivity index (χ1) is 12.2. The Hall–Kier alpha value is -1.56. The Balaban J connectivity index is 2.01. The summed E-state index contributed by atoms with van der Waals surface area (Å²) in [4.78, 5) is 0. The molecule has 25 heavy (non-hydrogen) atoms. The van der Waals surface area contributed by atoms with Gasteiger partial charge < -0.3 is 26.2 Å². The largest absolute Gasteiger partial charge is 0.475 e. The number of rotatable bonds is 10. The van der Waals surface area contributed by atoms with Crippen LogP contribution in [0.15, 0.2) is 42.3 Å². The van der Waals surface area contributed by atoms with Crippen LogP contribution in [0.3, 0.4) is 0 Å². The number of hydrogen-bond acceptors (Lipinski definition) is 5. The van der Waals surface area contributed by atoms with Gasteiger partial charge in [0.1, 0.15) is 6.61 Å². The van der Waals surface area contributed by atoms with Crippen molar-refractivity contribution in [2.24, 2.45) is 11.7 Å². The minimum absolute atomic E-state index is 0.0177. The van der Waals surface area contributed by atoms with Crippen LogP contribution in [-0.4, -0.2) is 37.4 Å². The molecule has 2 unspecified atom stereocenters. The molecule has 1 aliphatic carbocycles. The van der Waals surface area contributed by atoms with Gasteiger partial charge in [-0.3, -0.25) is 0 Å². The fourth-order valence-corrected chi connectivity index (χ4v) is 3.39. The molecule has 2 rings (SSSR count). The van der Waals surface area contributed by atoms with Gasteiger partial charge in [-0.05, 0) is 37.4 Å². The average Bonchev–Trinajstić information content (AvgIpc) is 2.65. The quantitative estimate of drug-likeness (QED) is 0.488. The first-order valence-electron chi connectivity index (χ1n) is 9.39. The number of aliphatic hydroxyl groups is 1. The lowest BCUT2D eigenvalue weighted by atomic mass is 9.84. The van der Waals surface area contributed by atoms with Gasteiger partial charge in [0.05, 0.1) is 12.6 Å². The molecule has 5 nitrogen and oxygen atoms in total. The summed E-state index contributed by atoms with van der Waals surface area (Å²) in [5.74, 6) is 1.15.